The number of rotatable bonds is 2. The lowest BCUT2D eigenvalue weighted by Crippen LogP contribution is -2.01. The number of hydrogen-bond donors (Lipinski definition) is 1. The average Bonchev–Trinajstić information content (AvgIpc) is 2.74. The molecule has 6 heteroatoms. The van der Waals surface area contributed by atoms with Crippen molar-refractivity contribution in [3.05, 3.63) is 46.7 Å². The van der Waals surface area contributed by atoms with Gasteiger partial charge in [0.15, 0.2) is 0 Å². The van der Waals surface area contributed by atoms with E-state index in [1.165, 1.54) is 12.1 Å². The van der Waals surface area contributed by atoms with Crippen LogP contribution >= 0.6 is 15.9 Å². The second-order valence-electron chi connectivity index (χ2n) is 4.26. The van der Waals surface area contributed by atoms with E-state index in [2.05, 4.69) is 20.9 Å². The van der Waals surface area contributed by atoms with Crippen molar-refractivity contribution in [3.8, 4) is 11.4 Å². The second kappa shape index (κ2) is 4.79. The number of aromatic nitrogens is 2. The molecule has 2 N–H and O–H groups in total. The van der Waals surface area contributed by atoms with Crippen molar-refractivity contribution in [2.75, 3.05) is 12.8 Å². The van der Waals surface area contributed by atoms with E-state index < -0.39 is 0 Å². The number of nitrogens with two attached hydrogens (primary N) is 1. The number of methoxy groups -OCH3 is 1. The number of imidazole rings is 1. The summed E-state index contributed by atoms with van der Waals surface area (Å²) in [6.07, 6.45) is 0. The van der Waals surface area contributed by atoms with Gasteiger partial charge in [0.05, 0.1) is 23.8 Å². The standard InChI is InChI=1S/C14H11BrFN3O/c1-20-9-3-4-11-13(7-9)19(14(17)18-11)12-5-2-8(16)6-10(12)15/h2-7H,1H3,(H2,17,18). The molecule has 0 saturated carbocycles. The Morgan fingerprint density at radius 2 is 2.05 bits per heavy atom. The molecule has 0 atom stereocenters. The molecule has 3 rings (SSSR count). The summed E-state index contributed by atoms with van der Waals surface area (Å²) in [5.74, 6) is 0.721. The number of nitrogen functional groups attached to an aromatic ring is 1. The first-order valence-electron chi connectivity index (χ1n) is 5.87. The van der Waals surface area contributed by atoms with Crippen molar-refractivity contribution in [3.63, 3.8) is 0 Å². The van der Waals surface area contributed by atoms with Crippen LogP contribution in [0, 0.1) is 5.82 Å². The summed E-state index contributed by atoms with van der Waals surface area (Å²) in [6, 6.07) is 9.91. The zero-order valence-corrected chi connectivity index (χ0v) is 12.2. The Bertz CT molecular complexity index is 800. The lowest BCUT2D eigenvalue weighted by atomic mass is 10.2. The molecule has 0 saturated heterocycles. The normalized spacial score (nSPS) is 10.9. The molecule has 0 aliphatic carbocycles. The van der Waals surface area contributed by atoms with Crippen molar-refractivity contribution in [2.24, 2.45) is 0 Å². The van der Waals surface area contributed by atoms with Crippen LogP contribution in [0.5, 0.6) is 5.75 Å². The van der Waals surface area contributed by atoms with Crippen LogP contribution in [0.4, 0.5) is 10.3 Å². The molecular weight excluding hydrogens is 325 g/mol. The van der Waals surface area contributed by atoms with E-state index in [1.54, 1.807) is 17.7 Å². The minimum atomic E-state index is -0.318. The zero-order valence-electron chi connectivity index (χ0n) is 10.6. The predicted octanol–water partition coefficient (Wildman–Crippen LogP) is 3.52. The maximum atomic E-state index is 13.2. The molecular formula is C14H11BrFN3O. The number of anilines is 1. The number of halogens is 2. The van der Waals surface area contributed by atoms with Crippen LogP contribution in [0.1, 0.15) is 0 Å². The summed E-state index contributed by atoms with van der Waals surface area (Å²) in [6.45, 7) is 0. The number of hydrogen-bond acceptors (Lipinski definition) is 3. The third kappa shape index (κ3) is 2.02. The minimum absolute atomic E-state index is 0.318. The molecule has 0 aliphatic rings. The lowest BCUT2D eigenvalue weighted by molar-refractivity contribution is 0.415. The third-order valence-corrected chi connectivity index (χ3v) is 3.67. The van der Waals surface area contributed by atoms with Crippen LogP contribution < -0.4 is 10.5 Å². The fourth-order valence-electron chi connectivity index (χ4n) is 2.12. The molecule has 1 heterocycles. The highest BCUT2D eigenvalue weighted by molar-refractivity contribution is 9.10. The summed E-state index contributed by atoms with van der Waals surface area (Å²) in [4.78, 5) is 4.30. The highest BCUT2D eigenvalue weighted by Gasteiger charge is 2.13. The summed E-state index contributed by atoms with van der Waals surface area (Å²) >= 11 is 3.35. The first-order chi connectivity index (χ1) is 9.60. The third-order valence-electron chi connectivity index (χ3n) is 3.04. The summed E-state index contributed by atoms with van der Waals surface area (Å²) in [5, 5.41) is 0. The predicted molar refractivity (Wildman–Crippen MR) is 79.7 cm³/mol. The molecule has 4 nitrogen and oxygen atoms in total. The first-order valence-corrected chi connectivity index (χ1v) is 6.67. The molecule has 0 amide bonds. The van der Waals surface area contributed by atoms with E-state index in [9.17, 15) is 4.39 Å². The lowest BCUT2D eigenvalue weighted by Gasteiger charge is -2.09. The second-order valence-corrected chi connectivity index (χ2v) is 5.11. The Morgan fingerprint density at radius 3 is 2.75 bits per heavy atom. The van der Waals surface area contributed by atoms with Gasteiger partial charge in [0.2, 0.25) is 5.95 Å². The molecule has 0 unspecified atom stereocenters. The van der Waals surface area contributed by atoms with Crippen LogP contribution in [0.3, 0.4) is 0 Å². The Kier molecular flexibility index (Phi) is 3.10. The molecule has 0 radical (unpaired) electrons. The Balaban J connectivity index is 2.31. The Labute approximate surface area is 123 Å². The number of fused-ring (bicyclic) bond motifs is 1. The summed E-state index contributed by atoms with van der Waals surface area (Å²) in [7, 11) is 1.60. The maximum absolute atomic E-state index is 13.2. The molecule has 0 spiro atoms. The van der Waals surface area contributed by atoms with Gasteiger partial charge in [-0.2, -0.15) is 0 Å². The van der Waals surface area contributed by atoms with Gasteiger partial charge < -0.3 is 10.5 Å². The van der Waals surface area contributed by atoms with Gasteiger partial charge in [0.25, 0.3) is 0 Å². The fourth-order valence-corrected chi connectivity index (χ4v) is 2.64. The topological polar surface area (TPSA) is 53.1 Å². The van der Waals surface area contributed by atoms with Gasteiger partial charge in [-0.15, -0.1) is 0 Å². The number of ether oxygens (including phenoxy) is 1. The van der Waals surface area contributed by atoms with E-state index in [0.29, 0.717) is 16.2 Å². The van der Waals surface area contributed by atoms with Crippen LogP contribution in [0.25, 0.3) is 16.7 Å². The molecule has 102 valence electrons. The minimum Gasteiger partial charge on any atom is -0.497 e. The molecule has 0 bridgehead atoms. The van der Waals surface area contributed by atoms with E-state index in [0.717, 1.165) is 16.7 Å². The van der Waals surface area contributed by atoms with Crippen molar-refractivity contribution >= 4 is 32.9 Å². The molecule has 0 fully saturated rings. The molecule has 0 aliphatic heterocycles. The zero-order chi connectivity index (χ0) is 14.3. The van der Waals surface area contributed by atoms with Crippen molar-refractivity contribution in [2.45, 2.75) is 0 Å². The Hall–Kier alpha value is -2.08. The van der Waals surface area contributed by atoms with Gasteiger partial charge in [-0.3, -0.25) is 4.57 Å². The van der Waals surface area contributed by atoms with Crippen molar-refractivity contribution in [1.29, 1.82) is 0 Å². The van der Waals surface area contributed by atoms with E-state index in [-0.39, 0.29) is 5.82 Å². The van der Waals surface area contributed by atoms with Gasteiger partial charge in [0, 0.05) is 10.5 Å². The Morgan fingerprint density at radius 1 is 1.25 bits per heavy atom. The molecule has 3 aromatic rings. The smallest absolute Gasteiger partial charge is 0.205 e. The largest absolute Gasteiger partial charge is 0.497 e. The van der Waals surface area contributed by atoms with Crippen LogP contribution in [-0.2, 0) is 0 Å². The molecule has 1 aromatic heterocycles. The molecule has 20 heavy (non-hydrogen) atoms. The van der Waals surface area contributed by atoms with Gasteiger partial charge in [-0.05, 0) is 46.3 Å². The van der Waals surface area contributed by atoms with Gasteiger partial charge in [-0.1, -0.05) is 0 Å². The monoisotopic (exact) mass is 335 g/mol. The highest BCUT2D eigenvalue weighted by atomic mass is 79.9. The fraction of sp³-hybridized carbons (Fsp3) is 0.0714. The van der Waals surface area contributed by atoms with Gasteiger partial charge in [0.1, 0.15) is 11.6 Å². The van der Waals surface area contributed by atoms with Crippen LogP contribution in [0.15, 0.2) is 40.9 Å². The van der Waals surface area contributed by atoms with Crippen LogP contribution in [0.2, 0.25) is 0 Å². The SMILES string of the molecule is COc1ccc2nc(N)n(-c3ccc(F)cc3Br)c2c1. The maximum Gasteiger partial charge on any atom is 0.205 e. The molecule has 2 aromatic carbocycles. The van der Waals surface area contributed by atoms with Gasteiger partial charge >= 0.3 is 0 Å². The van der Waals surface area contributed by atoms with Crippen molar-refractivity contribution in [1.82, 2.24) is 9.55 Å². The average molecular weight is 336 g/mol. The summed E-state index contributed by atoms with van der Waals surface area (Å²) in [5.41, 5.74) is 8.25. The summed E-state index contributed by atoms with van der Waals surface area (Å²) < 4.78 is 20.8. The highest BCUT2D eigenvalue weighted by Crippen LogP contribution is 2.30. The van der Waals surface area contributed by atoms with E-state index in [4.69, 9.17) is 10.5 Å². The van der Waals surface area contributed by atoms with Gasteiger partial charge in [-0.25, -0.2) is 9.37 Å². The van der Waals surface area contributed by atoms with Crippen LogP contribution in [-0.4, -0.2) is 16.7 Å². The van der Waals surface area contributed by atoms with E-state index >= 15 is 0 Å². The quantitative estimate of drug-likeness (QED) is 0.779. The van der Waals surface area contributed by atoms with Crippen molar-refractivity contribution < 1.29 is 9.13 Å². The number of benzene rings is 2. The number of nitrogens with zero attached hydrogens (tertiary/aromatic N) is 2. The first kappa shape index (κ1) is 12.9. The van der Waals surface area contributed by atoms with E-state index in [1.807, 2.05) is 18.2 Å².